The van der Waals surface area contributed by atoms with Gasteiger partial charge in [0.25, 0.3) is 0 Å². The van der Waals surface area contributed by atoms with Crippen LogP contribution in [0.3, 0.4) is 0 Å². The summed E-state index contributed by atoms with van der Waals surface area (Å²) >= 11 is 0. The van der Waals surface area contributed by atoms with Crippen LogP contribution < -0.4 is 0 Å². The van der Waals surface area contributed by atoms with Crippen molar-refractivity contribution in [3.63, 3.8) is 0 Å². The molecule has 0 aromatic rings. The third-order valence-electron chi connectivity index (χ3n) is 4.78. The molecule has 0 spiro atoms. The van der Waals surface area contributed by atoms with E-state index >= 15 is 0 Å². The minimum absolute atomic E-state index is 0. The largest absolute Gasteiger partial charge is 0.412 e. The topological polar surface area (TPSA) is 40.7 Å². The van der Waals surface area contributed by atoms with Gasteiger partial charge in [-0.15, -0.1) is 0 Å². The molecule has 2 heteroatoms. The predicted octanol–water partition coefficient (Wildman–Crippen LogP) is 3.44. The Morgan fingerprint density at radius 1 is 0.812 bits per heavy atom. The normalized spacial score (nSPS) is 40.1. The highest BCUT2D eigenvalue weighted by molar-refractivity contribution is 4.81. The molecule has 2 saturated carbocycles. The molecule has 2 nitrogen and oxygen atoms in total. The van der Waals surface area contributed by atoms with E-state index in [-0.39, 0.29) is 6.90 Å². The van der Waals surface area contributed by atoms with Crippen LogP contribution in [0.4, 0.5) is 0 Å². The molecule has 2 aliphatic rings. The first kappa shape index (κ1) is 14.0. The summed E-state index contributed by atoms with van der Waals surface area (Å²) in [4.78, 5) is 0. The average Bonchev–Trinajstić information content (AvgIpc) is 2.30. The van der Waals surface area contributed by atoms with Crippen LogP contribution >= 0.6 is 0 Å². The molecule has 98 valence electrons. The van der Waals surface area contributed by atoms with Crippen molar-refractivity contribution >= 4 is 0 Å². The second-order valence-corrected chi connectivity index (χ2v) is 5.79. The minimum Gasteiger partial charge on any atom is -0.412 e. The summed E-state index contributed by atoms with van der Waals surface area (Å²) in [7, 11) is 1.87. The van der Waals surface area contributed by atoms with Crippen molar-refractivity contribution in [2.75, 3.05) is 7.11 Å². The molecule has 0 saturated heterocycles. The van der Waals surface area contributed by atoms with Crippen LogP contribution in [0, 0.1) is 17.8 Å². The zero-order valence-electron chi connectivity index (χ0n) is 10.9. The van der Waals surface area contributed by atoms with Crippen LogP contribution in [0.5, 0.6) is 0 Å². The fourth-order valence-corrected chi connectivity index (χ4v) is 3.55. The van der Waals surface area contributed by atoms with Crippen molar-refractivity contribution in [3.8, 4) is 0 Å². The van der Waals surface area contributed by atoms with E-state index in [1.54, 1.807) is 0 Å². The van der Waals surface area contributed by atoms with Gasteiger partial charge in [-0.05, 0) is 56.3 Å². The Morgan fingerprint density at radius 3 is 1.69 bits per heavy atom. The maximum absolute atomic E-state index is 5.44. The Bertz CT molecular complexity index is 183. The Morgan fingerprint density at radius 2 is 1.25 bits per heavy atom. The summed E-state index contributed by atoms with van der Waals surface area (Å²) in [5, 5.41) is 0. The van der Waals surface area contributed by atoms with Gasteiger partial charge in [0.2, 0.25) is 0 Å². The number of hydrogen-bond acceptors (Lipinski definition) is 1. The molecule has 0 aromatic heterocycles. The van der Waals surface area contributed by atoms with E-state index in [1.165, 1.54) is 51.4 Å². The lowest BCUT2D eigenvalue weighted by molar-refractivity contribution is 0.0399. The Kier molecular flexibility index (Phi) is 5.77. The lowest BCUT2D eigenvalue weighted by atomic mass is 9.71. The van der Waals surface area contributed by atoms with Gasteiger partial charge < -0.3 is 10.2 Å². The Hall–Kier alpha value is -0.0800. The summed E-state index contributed by atoms with van der Waals surface area (Å²) in [6.07, 6.45) is 12.0. The fourth-order valence-electron chi connectivity index (χ4n) is 3.55. The first-order valence-corrected chi connectivity index (χ1v) is 6.82. The van der Waals surface area contributed by atoms with Crippen LogP contribution in [0.2, 0.25) is 0 Å². The monoisotopic (exact) mass is 230 g/mol. The standard InChI is InChI=1S/C14H26O.H2O.H2/c1-11-3-5-12(6-4-11)13-7-9-14(15-2)10-8-13;;/h11-14H,3-10H2,1-2H3;1H2;1H. The van der Waals surface area contributed by atoms with E-state index in [4.69, 9.17) is 4.74 Å². The number of rotatable bonds is 2. The van der Waals surface area contributed by atoms with Crippen LogP contribution in [0.1, 0.15) is 59.7 Å². The van der Waals surface area contributed by atoms with Gasteiger partial charge in [-0.1, -0.05) is 19.8 Å². The lowest BCUT2D eigenvalue weighted by Gasteiger charge is -2.36. The van der Waals surface area contributed by atoms with E-state index in [1.807, 2.05) is 7.11 Å². The summed E-state index contributed by atoms with van der Waals surface area (Å²) in [5.41, 5.74) is 0. The molecule has 2 aliphatic carbocycles. The van der Waals surface area contributed by atoms with E-state index in [2.05, 4.69) is 6.92 Å². The van der Waals surface area contributed by atoms with Gasteiger partial charge in [-0.3, -0.25) is 0 Å². The molecule has 0 unspecified atom stereocenters. The highest BCUT2D eigenvalue weighted by atomic mass is 16.5. The molecule has 2 fully saturated rings. The molecular formula is C14H30O2. The minimum atomic E-state index is 0. The quantitative estimate of drug-likeness (QED) is 0.716. The Balaban J connectivity index is 0.00000128. The summed E-state index contributed by atoms with van der Waals surface area (Å²) < 4.78 is 5.44. The number of methoxy groups -OCH3 is 1. The molecule has 0 aromatic carbocycles. The maximum atomic E-state index is 5.44. The van der Waals surface area contributed by atoms with Crippen molar-refractivity contribution in [2.45, 2.75) is 64.4 Å². The summed E-state index contributed by atoms with van der Waals surface area (Å²) in [6.45, 7) is 2.41. The van der Waals surface area contributed by atoms with E-state index in [9.17, 15) is 0 Å². The van der Waals surface area contributed by atoms with Gasteiger partial charge in [-0.25, -0.2) is 0 Å². The average molecular weight is 230 g/mol. The summed E-state index contributed by atoms with van der Waals surface area (Å²) in [5.74, 6) is 3.08. The number of ether oxygens (including phenoxy) is 1. The molecule has 0 heterocycles. The predicted molar refractivity (Wildman–Crippen MR) is 69.6 cm³/mol. The second-order valence-electron chi connectivity index (χ2n) is 5.79. The molecule has 0 atom stereocenters. The molecule has 0 amide bonds. The third kappa shape index (κ3) is 3.46. The lowest BCUT2D eigenvalue weighted by Crippen LogP contribution is -2.27. The SMILES string of the molecule is COC1CCC(C2CCC(C)CC2)CC1.O.[HH]. The second kappa shape index (κ2) is 6.61. The molecule has 0 bridgehead atoms. The molecular weight excluding hydrogens is 200 g/mol. The summed E-state index contributed by atoms with van der Waals surface area (Å²) in [6, 6.07) is 0. The zero-order valence-corrected chi connectivity index (χ0v) is 10.9. The molecule has 2 N–H and O–H groups in total. The van der Waals surface area contributed by atoms with E-state index < -0.39 is 0 Å². The molecule has 2 rings (SSSR count). The van der Waals surface area contributed by atoms with Gasteiger partial charge >= 0.3 is 0 Å². The molecule has 16 heavy (non-hydrogen) atoms. The van der Waals surface area contributed by atoms with Gasteiger partial charge in [0.15, 0.2) is 0 Å². The fraction of sp³-hybridized carbons (Fsp3) is 1.00. The van der Waals surface area contributed by atoms with Gasteiger partial charge in [0.05, 0.1) is 6.10 Å². The van der Waals surface area contributed by atoms with Crippen LogP contribution in [-0.2, 0) is 4.74 Å². The van der Waals surface area contributed by atoms with Crippen molar-refractivity contribution in [1.82, 2.24) is 0 Å². The van der Waals surface area contributed by atoms with Gasteiger partial charge in [0.1, 0.15) is 0 Å². The molecule has 0 aliphatic heterocycles. The number of hydrogen-bond donors (Lipinski definition) is 0. The van der Waals surface area contributed by atoms with E-state index in [0.717, 1.165) is 17.8 Å². The van der Waals surface area contributed by atoms with Crippen molar-refractivity contribution < 1.29 is 11.6 Å². The smallest absolute Gasteiger partial charge is 0.0571 e. The van der Waals surface area contributed by atoms with Crippen LogP contribution in [0.25, 0.3) is 0 Å². The van der Waals surface area contributed by atoms with Gasteiger partial charge in [0, 0.05) is 8.54 Å². The first-order valence-electron chi connectivity index (χ1n) is 6.82. The molecule has 0 radical (unpaired) electrons. The van der Waals surface area contributed by atoms with Crippen molar-refractivity contribution in [3.05, 3.63) is 0 Å². The highest BCUT2D eigenvalue weighted by Crippen LogP contribution is 2.40. The van der Waals surface area contributed by atoms with Crippen molar-refractivity contribution in [1.29, 1.82) is 0 Å². The van der Waals surface area contributed by atoms with Crippen LogP contribution in [0.15, 0.2) is 0 Å². The van der Waals surface area contributed by atoms with Gasteiger partial charge in [-0.2, -0.15) is 0 Å². The Labute approximate surface area is 102 Å². The first-order chi connectivity index (χ1) is 7.29. The van der Waals surface area contributed by atoms with Crippen molar-refractivity contribution in [2.24, 2.45) is 17.8 Å². The van der Waals surface area contributed by atoms with E-state index in [0.29, 0.717) is 6.10 Å². The maximum Gasteiger partial charge on any atom is 0.0571 e. The third-order valence-corrected chi connectivity index (χ3v) is 4.78. The highest BCUT2D eigenvalue weighted by Gasteiger charge is 2.29. The van der Waals surface area contributed by atoms with Crippen LogP contribution in [-0.4, -0.2) is 18.7 Å². The zero-order chi connectivity index (χ0) is 10.7.